The Morgan fingerprint density at radius 1 is 1.50 bits per heavy atom. The Bertz CT molecular complexity index is 281. The van der Waals surface area contributed by atoms with E-state index in [0.29, 0.717) is 18.8 Å². The van der Waals surface area contributed by atoms with Crippen LogP contribution in [-0.2, 0) is 14.3 Å². The van der Waals surface area contributed by atoms with E-state index in [4.69, 9.17) is 4.74 Å². The van der Waals surface area contributed by atoms with Crippen molar-refractivity contribution in [2.24, 2.45) is 5.92 Å². The van der Waals surface area contributed by atoms with Gasteiger partial charge < -0.3 is 9.53 Å². The first kappa shape index (κ1) is 12.9. The lowest BCUT2D eigenvalue weighted by atomic mass is 10.0. The molecule has 0 saturated carbocycles. The van der Waals surface area contributed by atoms with E-state index in [9.17, 15) is 9.59 Å². The van der Waals surface area contributed by atoms with Gasteiger partial charge in [-0.3, -0.25) is 4.79 Å². The summed E-state index contributed by atoms with van der Waals surface area (Å²) in [5.74, 6) is 0.489. The van der Waals surface area contributed by atoms with E-state index >= 15 is 0 Å². The molecule has 1 heterocycles. The molecule has 1 rings (SSSR count). The van der Waals surface area contributed by atoms with Crippen molar-refractivity contribution in [2.75, 3.05) is 0 Å². The number of unbranched alkanes of at least 4 members (excludes halogenated alkanes) is 1. The Balaban J connectivity index is 2.12. The summed E-state index contributed by atoms with van der Waals surface area (Å²) in [5, 5.41) is 0. The van der Waals surface area contributed by atoms with Gasteiger partial charge in [0.15, 0.2) is 0 Å². The van der Waals surface area contributed by atoms with Gasteiger partial charge in [0.25, 0.3) is 0 Å². The van der Waals surface area contributed by atoms with Crippen molar-refractivity contribution in [3.8, 4) is 0 Å². The molecule has 0 radical (unpaired) electrons. The van der Waals surface area contributed by atoms with Gasteiger partial charge in [-0.05, 0) is 19.8 Å². The number of carbonyl (C=O) groups is 2. The van der Waals surface area contributed by atoms with E-state index in [2.05, 4.69) is 12.2 Å². The first-order valence-corrected chi connectivity index (χ1v) is 5.93. The van der Waals surface area contributed by atoms with E-state index in [0.717, 1.165) is 19.3 Å². The number of rotatable bonds is 6. The summed E-state index contributed by atoms with van der Waals surface area (Å²) in [4.78, 5) is 21.7. The Morgan fingerprint density at radius 2 is 2.25 bits per heavy atom. The predicted molar refractivity (Wildman–Crippen MR) is 62.0 cm³/mol. The molecule has 2 unspecified atom stereocenters. The van der Waals surface area contributed by atoms with E-state index in [1.54, 1.807) is 6.92 Å². The minimum absolute atomic E-state index is 0.0524. The summed E-state index contributed by atoms with van der Waals surface area (Å²) in [6.45, 7) is 3.66. The molecule has 1 aliphatic rings. The fraction of sp³-hybridized carbons (Fsp3) is 0.692. The molecule has 0 spiro atoms. The van der Waals surface area contributed by atoms with Crippen molar-refractivity contribution >= 4 is 11.8 Å². The summed E-state index contributed by atoms with van der Waals surface area (Å²) < 4.78 is 5.17. The average molecular weight is 224 g/mol. The van der Waals surface area contributed by atoms with Crippen LogP contribution in [0, 0.1) is 5.92 Å². The largest absolute Gasteiger partial charge is 0.462 e. The minimum atomic E-state index is -0.0810. The second kappa shape index (κ2) is 6.46. The number of carbonyl (C=O) groups excluding carboxylic acids is 2. The summed E-state index contributed by atoms with van der Waals surface area (Å²) in [6, 6.07) is 0. The lowest BCUT2D eigenvalue weighted by Gasteiger charge is -2.10. The second-order valence-electron chi connectivity index (χ2n) is 4.51. The van der Waals surface area contributed by atoms with Crippen LogP contribution in [0.15, 0.2) is 12.2 Å². The zero-order chi connectivity index (χ0) is 12.0. The molecule has 0 aromatic rings. The third-order valence-electron chi connectivity index (χ3n) is 2.84. The molecular weight excluding hydrogens is 204 g/mol. The summed E-state index contributed by atoms with van der Waals surface area (Å²) in [7, 11) is 0. The molecule has 1 aliphatic heterocycles. The average Bonchev–Trinajstić information content (AvgIpc) is 2.50. The van der Waals surface area contributed by atoms with Gasteiger partial charge in [0.05, 0.1) is 6.42 Å². The topological polar surface area (TPSA) is 43.4 Å². The summed E-state index contributed by atoms with van der Waals surface area (Å²) in [6.07, 6.45) is 8.01. The van der Waals surface area contributed by atoms with Crippen LogP contribution < -0.4 is 0 Å². The molecule has 0 amide bonds. The maximum absolute atomic E-state index is 11.0. The van der Waals surface area contributed by atoms with Gasteiger partial charge in [-0.15, -0.1) is 0 Å². The lowest BCUT2D eigenvalue weighted by molar-refractivity contribution is -0.141. The van der Waals surface area contributed by atoms with Crippen LogP contribution in [0.1, 0.15) is 46.0 Å². The number of hydrogen-bond donors (Lipinski definition) is 0. The number of Topliss-reactive ketones (excluding diaryl/α,β-unsaturated/α-hetero) is 1. The molecule has 1 saturated heterocycles. The molecule has 3 nitrogen and oxygen atoms in total. The minimum Gasteiger partial charge on any atom is -0.462 e. The molecule has 0 aliphatic carbocycles. The fourth-order valence-electron chi connectivity index (χ4n) is 1.82. The second-order valence-corrected chi connectivity index (χ2v) is 4.51. The zero-order valence-corrected chi connectivity index (χ0v) is 10.1. The van der Waals surface area contributed by atoms with Crippen LogP contribution in [0.4, 0.5) is 0 Å². The predicted octanol–water partition coefficient (Wildman–Crippen LogP) is 2.64. The maximum Gasteiger partial charge on any atom is 0.306 e. The first-order valence-electron chi connectivity index (χ1n) is 5.93. The van der Waals surface area contributed by atoms with Crippen molar-refractivity contribution in [1.82, 2.24) is 0 Å². The van der Waals surface area contributed by atoms with Crippen LogP contribution in [0.3, 0.4) is 0 Å². The lowest BCUT2D eigenvalue weighted by Crippen LogP contribution is -2.11. The van der Waals surface area contributed by atoms with Gasteiger partial charge in [-0.25, -0.2) is 0 Å². The van der Waals surface area contributed by atoms with Crippen molar-refractivity contribution < 1.29 is 14.3 Å². The fourth-order valence-corrected chi connectivity index (χ4v) is 1.82. The van der Waals surface area contributed by atoms with Crippen molar-refractivity contribution in [3.05, 3.63) is 12.2 Å². The molecule has 16 heavy (non-hydrogen) atoms. The van der Waals surface area contributed by atoms with Gasteiger partial charge in [0.1, 0.15) is 11.9 Å². The number of ether oxygens (including phenoxy) is 1. The van der Waals surface area contributed by atoms with Gasteiger partial charge in [-0.1, -0.05) is 19.1 Å². The third-order valence-corrected chi connectivity index (χ3v) is 2.84. The number of ketones is 1. The number of cyclic esters (lactones) is 1. The van der Waals surface area contributed by atoms with Crippen molar-refractivity contribution in [3.63, 3.8) is 0 Å². The SMILES string of the molecule is CC(=O)CCCC=CCC1OC(=O)CC1C. The van der Waals surface area contributed by atoms with Crippen LogP contribution in [-0.4, -0.2) is 17.9 Å². The number of esters is 1. The molecule has 0 aromatic heterocycles. The van der Waals surface area contributed by atoms with Gasteiger partial charge in [0, 0.05) is 18.8 Å². The Labute approximate surface area is 96.9 Å². The van der Waals surface area contributed by atoms with E-state index in [1.807, 2.05) is 6.92 Å². The van der Waals surface area contributed by atoms with Crippen molar-refractivity contribution in [2.45, 2.75) is 52.1 Å². The van der Waals surface area contributed by atoms with Crippen LogP contribution in [0.5, 0.6) is 0 Å². The quantitative estimate of drug-likeness (QED) is 0.396. The smallest absolute Gasteiger partial charge is 0.306 e. The number of hydrogen-bond acceptors (Lipinski definition) is 3. The molecule has 90 valence electrons. The highest BCUT2D eigenvalue weighted by Crippen LogP contribution is 2.24. The van der Waals surface area contributed by atoms with Gasteiger partial charge in [-0.2, -0.15) is 0 Å². The van der Waals surface area contributed by atoms with Crippen LogP contribution in [0.25, 0.3) is 0 Å². The highest BCUT2D eigenvalue weighted by atomic mass is 16.5. The highest BCUT2D eigenvalue weighted by Gasteiger charge is 2.29. The molecule has 2 atom stereocenters. The standard InChI is InChI=1S/C13H20O3/c1-10-9-13(15)16-12(10)8-6-4-3-5-7-11(2)14/h4,6,10,12H,3,5,7-9H2,1-2H3. The molecule has 3 heteroatoms. The Kier molecular flexibility index (Phi) is 5.23. The Morgan fingerprint density at radius 3 is 2.81 bits per heavy atom. The van der Waals surface area contributed by atoms with Gasteiger partial charge >= 0.3 is 5.97 Å². The molecule has 0 N–H and O–H groups in total. The summed E-state index contributed by atoms with van der Waals surface area (Å²) >= 11 is 0. The highest BCUT2D eigenvalue weighted by molar-refractivity contribution is 5.75. The van der Waals surface area contributed by atoms with E-state index in [-0.39, 0.29) is 17.9 Å². The monoisotopic (exact) mass is 224 g/mol. The first-order chi connectivity index (χ1) is 7.59. The maximum atomic E-state index is 11.0. The van der Waals surface area contributed by atoms with Crippen LogP contribution >= 0.6 is 0 Å². The third kappa shape index (κ3) is 4.60. The van der Waals surface area contributed by atoms with Gasteiger partial charge in [0.2, 0.25) is 0 Å². The Hall–Kier alpha value is -1.12. The van der Waals surface area contributed by atoms with E-state index < -0.39 is 0 Å². The molecular formula is C13H20O3. The zero-order valence-electron chi connectivity index (χ0n) is 10.1. The molecule has 1 fully saturated rings. The molecule has 0 aromatic carbocycles. The van der Waals surface area contributed by atoms with Crippen molar-refractivity contribution in [1.29, 1.82) is 0 Å². The number of allylic oxidation sites excluding steroid dienone is 1. The normalized spacial score (nSPS) is 25.0. The van der Waals surface area contributed by atoms with E-state index in [1.165, 1.54) is 0 Å². The van der Waals surface area contributed by atoms with Crippen LogP contribution in [0.2, 0.25) is 0 Å². The molecule has 0 bridgehead atoms. The summed E-state index contributed by atoms with van der Waals surface area (Å²) in [5.41, 5.74) is 0.